The van der Waals surface area contributed by atoms with Gasteiger partial charge in [0.1, 0.15) is 5.75 Å². The van der Waals surface area contributed by atoms with Gasteiger partial charge < -0.3 is 19.9 Å². The first-order valence-electron chi connectivity index (χ1n) is 10.9. The Labute approximate surface area is 207 Å². The fraction of sp³-hybridized carbons (Fsp3) is 0.200. The van der Waals surface area contributed by atoms with Gasteiger partial charge >= 0.3 is 0 Å². The molecule has 180 valence electrons. The molecule has 0 saturated carbocycles. The summed E-state index contributed by atoms with van der Waals surface area (Å²) in [4.78, 5) is 39.6. The smallest absolute Gasteiger partial charge is 0.270 e. The number of non-ortho nitro benzene ring substituents is 1. The maximum Gasteiger partial charge on any atom is 0.270 e. The minimum absolute atomic E-state index is 0.00438. The minimum atomic E-state index is -0.568. The van der Waals surface area contributed by atoms with E-state index >= 15 is 0 Å². The molecule has 0 aromatic heterocycles. The van der Waals surface area contributed by atoms with Gasteiger partial charge in [0.2, 0.25) is 0 Å². The van der Waals surface area contributed by atoms with Crippen molar-refractivity contribution in [2.45, 2.75) is 0 Å². The number of rotatable bonds is 6. The predicted molar refractivity (Wildman–Crippen MR) is 134 cm³/mol. The highest BCUT2D eigenvalue weighted by atomic mass is 35.5. The summed E-state index contributed by atoms with van der Waals surface area (Å²) in [6.07, 6.45) is 0. The number of carbonyl (C=O) groups excluding carboxylic acids is 2. The quantitative estimate of drug-likeness (QED) is 0.400. The molecule has 10 heteroatoms. The Hall–Kier alpha value is -4.11. The zero-order chi connectivity index (χ0) is 24.9. The molecule has 3 aromatic rings. The van der Waals surface area contributed by atoms with Crippen LogP contribution in [0.25, 0.3) is 0 Å². The van der Waals surface area contributed by atoms with Crippen molar-refractivity contribution in [3.8, 4) is 5.75 Å². The largest absolute Gasteiger partial charge is 0.497 e. The molecule has 1 fully saturated rings. The maximum atomic E-state index is 12.8. The molecule has 0 bridgehead atoms. The van der Waals surface area contributed by atoms with E-state index in [0.29, 0.717) is 43.2 Å². The van der Waals surface area contributed by atoms with Crippen LogP contribution < -0.4 is 15.0 Å². The zero-order valence-corrected chi connectivity index (χ0v) is 19.7. The van der Waals surface area contributed by atoms with E-state index in [2.05, 4.69) is 10.2 Å². The monoisotopic (exact) mass is 494 g/mol. The van der Waals surface area contributed by atoms with Gasteiger partial charge in [0.05, 0.1) is 22.6 Å². The molecule has 1 saturated heterocycles. The number of hydrogen-bond donors (Lipinski definition) is 1. The number of nitrogens with one attached hydrogen (secondary N) is 1. The highest BCUT2D eigenvalue weighted by Crippen LogP contribution is 2.25. The number of amides is 2. The lowest BCUT2D eigenvalue weighted by atomic mass is 10.1. The van der Waals surface area contributed by atoms with E-state index in [9.17, 15) is 19.7 Å². The molecule has 1 N–H and O–H groups in total. The van der Waals surface area contributed by atoms with Crippen molar-refractivity contribution in [2.24, 2.45) is 0 Å². The Morgan fingerprint density at radius 1 is 0.971 bits per heavy atom. The first-order chi connectivity index (χ1) is 16.9. The van der Waals surface area contributed by atoms with E-state index in [1.165, 1.54) is 12.1 Å². The van der Waals surface area contributed by atoms with E-state index in [4.69, 9.17) is 16.3 Å². The summed E-state index contributed by atoms with van der Waals surface area (Å²) in [5, 5.41) is 13.6. The highest BCUT2D eigenvalue weighted by Gasteiger charge is 2.22. The summed E-state index contributed by atoms with van der Waals surface area (Å²) in [5.74, 6) is 0.250. The van der Waals surface area contributed by atoms with Crippen molar-refractivity contribution >= 4 is 40.5 Å². The van der Waals surface area contributed by atoms with Gasteiger partial charge in [-0.15, -0.1) is 0 Å². The number of ether oxygens (including phenoxy) is 1. The van der Waals surface area contributed by atoms with Crippen molar-refractivity contribution in [3.63, 3.8) is 0 Å². The van der Waals surface area contributed by atoms with Crippen LogP contribution in [-0.4, -0.2) is 54.9 Å². The topological polar surface area (TPSA) is 105 Å². The molecule has 0 spiro atoms. The lowest BCUT2D eigenvalue weighted by Crippen LogP contribution is -2.48. The van der Waals surface area contributed by atoms with E-state index in [0.717, 1.165) is 11.8 Å². The van der Waals surface area contributed by atoms with Crippen LogP contribution in [-0.2, 0) is 0 Å². The standard InChI is InChI=1S/C25H23ClN4O5/c1-35-21-9-2-17(3-10-21)25(32)29-14-12-28(13-15-29)19-6-4-18(5-7-19)27-24(31)22-11-8-20(30(33)34)16-23(22)26/h2-11,16H,12-15H2,1H3,(H,27,31). The molecule has 4 rings (SSSR count). The van der Waals surface area contributed by atoms with E-state index in [1.807, 2.05) is 17.0 Å². The molecule has 0 aliphatic carbocycles. The van der Waals surface area contributed by atoms with Gasteiger partial charge in [0.25, 0.3) is 17.5 Å². The van der Waals surface area contributed by atoms with Crippen LogP contribution in [0.4, 0.5) is 17.1 Å². The normalized spacial score (nSPS) is 13.3. The number of hydrogen-bond acceptors (Lipinski definition) is 6. The number of methoxy groups -OCH3 is 1. The summed E-state index contributed by atoms with van der Waals surface area (Å²) in [5.41, 5.74) is 2.16. The van der Waals surface area contributed by atoms with Crippen molar-refractivity contribution in [3.05, 3.63) is 93.0 Å². The predicted octanol–water partition coefficient (Wildman–Crippen LogP) is 4.47. The van der Waals surface area contributed by atoms with E-state index in [1.54, 1.807) is 43.5 Å². The second kappa shape index (κ2) is 10.4. The van der Waals surface area contributed by atoms with Gasteiger partial charge in [-0.25, -0.2) is 0 Å². The fourth-order valence-corrected chi connectivity index (χ4v) is 4.10. The average molecular weight is 495 g/mol. The average Bonchev–Trinajstić information content (AvgIpc) is 2.88. The Bertz CT molecular complexity index is 1240. The SMILES string of the molecule is COc1ccc(C(=O)N2CCN(c3ccc(NC(=O)c4ccc([N+](=O)[O-])cc4Cl)cc3)CC2)cc1. The number of piperazine rings is 1. The van der Waals surface area contributed by atoms with Crippen molar-refractivity contribution in [1.82, 2.24) is 4.90 Å². The summed E-state index contributed by atoms with van der Waals surface area (Å²) in [6.45, 7) is 2.57. The van der Waals surface area contributed by atoms with Crippen molar-refractivity contribution in [2.75, 3.05) is 43.5 Å². The van der Waals surface area contributed by atoms with Crippen molar-refractivity contribution < 1.29 is 19.2 Å². The summed E-state index contributed by atoms with van der Waals surface area (Å²) in [6, 6.07) is 18.2. The Morgan fingerprint density at radius 3 is 2.20 bits per heavy atom. The van der Waals surface area contributed by atoms with Gasteiger partial charge in [-0.1, -0.05) is 11.6 Å². The number of nitrogens with zero attached hydrogens (tertiary/aromatic N) is 3. The van der Waals surface area contributed by atoms with E-state index in [-0.39, 0.29) is 22.2 Å². The fourth-order valence-electron chi connectivity index (χ4n) is 3.84. The molecule has 9 nitrogen and oxygen atoms in total. The number of benzene rings is 3. The van der Waals surface area contributed by atoms with Crippen LogP contribution in [0.3, 0.4) is 0 Å². The van der Waals surface area contributed by atoms with Crippen LogP contribution in [0.1, 0.15) is 20.7 Å². The highest BCUT2D eigenvalue weighted by molar-refractivity contribution is 6.34. The molecule has 2 amide bonds. The van der Waals surface area contributed by atoms with Crippen LogP contribution >= 0.6 is 11.6 Å². The Morgan fingerprint density at radius 2 is 1.63 bits per heavy atom. The lowest BCUT2D eigenvalue weighted by Gasteiger charge is -2.36. The molecule has 35 heavy (non-hydrogen) atoms. The molecule has 0 unspecified atom stereocenters. The van der Waals surface area contributed by atoms with Crippen LogP contribution in [0, 0.1) is 10.1 Å². The second-order valence-electron chi connectivity index (χ2n) is 7.93. The Balaban J connectivity index is 1.33. The Kier molecular flexibility index (Phi) is 7.17. The molecule has 0 atom stereocenters. The molecule has 0 radical (unpaired) electrons. The van der Waals surface area contributed by atoms with E-state index < -0.39 is 10.8 Å². The van der Waals surface area contributed by atoms with Crippen LogP contribution in [0.5, 0.6) is 5.75 Å². The van der Waals surface area contributed by atoms with Gasteiger partial charge in [0.15, 0.2) is 0 Å². The number of halogens is 1. The van der Waals surface area contributed by atoms with Gasteiger partial charge in [-0.3, -0.25) is 19.7 Å². The van der Waals surface area contributed by atoms with Gasteiger partial charge in [-0.2, -0.15) is 0 Å². The summed E-state index contributed by atoms with van der Waals surface area (Å²) in [7, 11) is 1.59. The van der Waals surface area contributed by atoms with Crippen LogP contribution in [0.15, 0.2) is 66.7 Å². The molecule has 1 heterocycles. The number of carbonyl (C=O) groups is 2. The molecular formula is C25H23ClN4O5. The molecule has 1 aliphatic rings. The first-order valence-corrected chi connectivity index (χ1v) is 11.3. The van der Waals surface area contributed by atoms with Gasteiger partial charge in [0, 0.05) is 55.2 Å². The molecular weight excluding hydrogens is 472 g/mol. The van der Waals surface area contributed by atoms with Crippen molar-refractivity contribution in [1.29, 1.82) is 0 Å². The number of nitro groups is 1. The molecule has 1 aliphatic heterocycles. The zero-order valence-electron chi connectivity index (χ0n) is 18.9. The minimum Gasteiger partial charge on any atom is -0.497 e. The third-order valence-corrected chi connectivity index (χ3v) is 6.11. The second-order valence-corrected chi connectivity index (χ2v) is 8.34. The lowest BCUT2D eigenvalue weighted by molar-refractivity contribution is -0.384. The summed E-state index contributed by atoms with van der Waals surface area (Å²) < 4.78 is 5.14. The van der Waals surface area contributed by atoms with Gasteiger partial charge in [-0.05, 0) is 54.6 Å². The first kappa shape index (κ1) is 24.0. The maximum absolute atomic E-state index is 12.8. The number of anilines is 2. The number of nitro benzene ring substituents is 1. The third-order valence-electron chi connectivity index (χ3n) is 5.80. The van der Waals surface area contributed by atoms with Crippen LogP contribution in [0.2, 0.25) is 5.02 Å². The summed E-state index contributed by atoms with van der Waals surface area (Å²) >= 11 is 6.04. The molecule has 3 aromatic carbocycles. The third kappa shape index (κ3) is 5.52.